The fourth-order valence-corrected chi connectivity index (χ4v) is 3.13. The Balaban J connectivity index is 1.44. The molecular weight excluding hydrogens is 288 g/mol. The fourth-order valence-electron chi connectivity index (χ4n) is 3.13. The zero-order valence-electron chi connectivity index (χ0n) is 13.6. The van der Waals surface area contributed by atoms with Gasteiger partial charge >= 0.3 is 6.03 Å². The summed E-state index contributed by atoms with van der Waals surface area (Å²) in [5, 5.41) is 3.00. The number of hydrogen-bond donors (Lipinski definition) is 2. The number of aromatic nitrogens is 2. The average Bonchev–Trinajstić information content (AvgIpc) is 3.07. The molecule has 5 nitrogen and oxygen atoms in total. The first-order chi connectivity index (χ1) is 11.2. The molecule has 1 aliphatic heterocycles. The van der Waals surface area contributed by atoms with Crippen molar-refractivity contribution >= 4 is 11.7 Å². The number of aryl methyl sites for hydroxylation is 2. The number of piperidine rings is 1. The van der Waals surface area contributed by atoms with Gasteiger partial charge < -0.3 is 15.2 Å². The van der Waals surface area contributed by atoms with E-state index >= 15 is 0 Å². The van der Waals surface area contributed by atoms with Crippen LogP contribution in [0.3, 0.4) is 0 Å². The van der Waals surface area contributed by atoms with Crippen LogP contribution in [-0.4, -0.2) is 34.0 Å². The molecule has 2 amide bonds. The molecule has 1 fully saturated rings. The molecule has 3 rings (SSSR count). The Morgan fingerprint density at radius 1 is 1.39 bits per heavy atom. The Kier molecular flexibility index (Phi) is 4.95. The maximum Gasteiger partial charge on any atom is 0.321 e. The van der Waals surface area contributed by atoms with Crippen LogP contribution < -0.4 is 5.32 Å². The number of aromatic amines is 1. The number of rotatable bonds is 4. The van der Waals surface area contributed by atoms with E-state index in [-0.39, 0.29) is 6.03 Å². The third-order valence-electron chi connectivity index (χ3n) is 4.55. The lowest BCUT2D eigenvalue weighted by Crippen LogP contribution is -2.41. The molecule has 1 aromatic carbocycles. The molecule has 23 heavy (non-hydrogen) atoms. The Labute approximate surface area is 137 Å². The second-order valence-electron chi connectivity index (χ2n) is 6.35. The molecule has 2 aromatic rings. The zero-order chi connectivity index (χ0) is 16.1. The SMILES string of the molecule is Cc1cccc(NC(=O)N2CCC(CCc3cnc[nH]3)CC2)c1. The summed E-state index contributed by atoms with van der Waals surface area (Å²) in [7, 11) is 0. The Morgan fingerprint density at radius 2 is 2.22 bits per heavy atom. The van der Waals surface area contributed by atoms with E-state index in [1.165, 1.54) is 5.69 Å². The molecule has 0 aliphatic carbocycles. The number of imidazole rings is 1. The van der Waals surface area contributed by atoms with Crippen molar-refractivity contribution in [2.45, 2.75) is 32.6 Å². The number of nitrogens with one attached hydrogen (secondary N) is 2. The summed E-state index contributed by atoms with van der Waals surface area (Å²) in [6.45, 7) is 3.71. The Morgan fingerprint density at radius 3 is 2.91 bits per heavy atom. The summed E-state index contributed by atoms with van der Waals surface area (Å²) in [4.78, 5) is 21.5. The zero-order valence-corrected chi connectivity index (χ0v) is 13.6. The minimum atomic E-state index is 0.0163. The van der Waals surface area contributed by atoms with Crippen LogP contribution in [0.25, 0.3) is 0 Å². The van der Waals surface area contributed by atoms with E-state index in [0.717, 1.165) is 50.0 Å². The number of nitrogens with zero attached hydrogens (tertiary/aromatic N) is 2. The van der Waals surface area contributed by atoms with Crippen LogP contribution >= 0.6 is 0 Å². The van der Waals surface area contributed by atoms with E-state index in [0.29, 0.717) is 5.92 Å². The van der Waals surface area contributed by atoms with Crippen molar-refractivity contribution in [2.24, 2.45) is 5.92 Å². The van der Waals surface area contributed by atoms with Crippen molar-refractivity contribution < 1.29 is 4.79 Å². The van der Waals surface area contributed by atoms with Crippen molar-refractivity contribution in [3.63, 3.8) is 0 Å². The largest absolute Gasteiger partial charge is 0.348 e. The normalized spacial score (nSPS) is 15.6. The number of anilines is 1. The van der Waals surface area contributed by atoms with Crippen molar-refractivity contribution in [3.8, 4) is 0 Å². The van der Waals surface area contributed by atoms with Crippen molar-refractivity contribution in [2.75, 3.05) is 18.4 Å². The highest BCUT2D eigenvalue weighted by molar-refractivity contribution is 5.89. The lowest BCUT2D eigenvalue weighted by Gasteiger charge is -2.32. The molecule has 0 saturated carbocycles. The quantitative estimate of drug-likeness (QED) is 0.906. The predicted molar refractivity (Wildman–Crippen MR) is 91.4 cm³/mol. The molecule has 0 bridgehead atoms. The standard InChI is InChI=1S/C18H24N4O/c1-14-3-2-4-16(11-14)21-18(23)22-9-7-15(8-10-22)5-6-17-12-19-13-20-17/h2-4,11-13,15H,5-10H2,1H3,(H,19,20)(H,21,23). The fraction of sp³-hybridized carbons (Fsp3) is 0.444. The summed E-state index contributed by atoms with van der Waals surface area (Å²) in [6.07, 6.45) is 7.98. The van der Waals surface area contributed by atoms with Gasteiger partial charge in [-0.25, -0.2) is 9.78 Å². The van der Waals surface area contributed by atoms with E-state index in [9.17, 15) is 4.79 Å². The number of benzene rings is 1. The highest BCUT2D eigenvalue weighted by Crippen LogP contribution is 2.22. The number of amides is 2. The molecule has 1 aliphatic rings. The molecule has 0 spiro atoms. The minimum Gasteiger partial charge on any atom is -0.348 e. The summed E-state index contributed by atoms with van der Waals surface area (Å²) in [6, 6.07) is 7.94. The van der Waals surface area contributed by atoms with Crippen LogP contribution in [0.5, 0.6) is 0 Å². The van der Waals surface area contributed by atoms with Gasteiger partial charge in [-0.3, -0.25) is 0 Å². The van der Waals surface area contributed by atoms with E-state index in [1.54, 1.807) is 6.33 Å². The van der Waals surface area contributed by atoms with Gasteiger partial charge in [-0.05, 0) is 56.2 Å². The van der Waals surface area contributed by atoms with Gasteiger partial charge in [0.05, 0.1) is 6.33 Å². The van der Waals surface area contributed by atoms with Crippen molar-refractivity contribution in [1.82, 2.24) is 14.9 Å². The average molecular weight is 312 g/mol. The lowest BCUT2D eigenvalue weighted by atomic mass is 9.92. The third kappa shape index (κ3) is 4.34. The first-order valence-corrected chi connectivity index (χ1v) is 8.30. The molecule has 2 N–H and O–H groups in total. The summed E-state index contributed by atoms with van der Waals surface area (Å²) in [5.74, 6) is 0.696. The van der Waals surface area contributed by atoms with Crippen LogP contribution in [0, 0.1) is 12.8 Å². The number of carbonyl (C=O) groups excluding carboxylic acids is 1. The van der Waals surface area contributed by atoms with Gasteiger partial charge in [-0.2, -0.15) is 0 Å². The van der Waals surface area contributed by atoms with E-state index in [4.69, 9.17) is 0 Å². The van der Waals surface area contributed by atoms with Gasteiger partial charge in [0.15, 0.2) is 0 Å². The predicted octanol–water partition coefficient (Wildman–Crippen LogP) is 3.59. The number of hydrogen-bond acceptors (Lipinski definition) is 2. The summed E-state index contributed by atoms with van der Waals surface area (Å²) in [5.41, 5.74) is 3.22. The second kappa shape index (κ2) is 7.31. The summed E-state index contributed by atoms with van der Waals surface area (Å²) >= 11 is 0. The maximum atomic E-state index is 12.3. The van der Waals surface area contributed by atoms with E-state index in [1.807, 2.05) is 42.3 Å². The van der Waals surface area contributed by atoms with Gasteiger partial charge in [0.25, 0.3) is 0 Å². The first-order valence-electron chi connectivity index (χ1n) is 8.30. The highest BCUT2D eigenvalue weighted by atomic mass is 16.2. The van der Waals surface area contributed by atoms with Crippen molar-refractivity contribution in [1.29, 1.82) is 0 Å². The molecule has 0 unspecified atom stereocenters. The van der Waals surface area contributed by atoms with Crippen LogP contribution in [0.4, 0.5) is 10.5 Å². The molecule has 5 heteroatoms. The monoisotopic (exact) mass is 312 g/mol. The highest BCUT2D eigenvalue weighted by Gasteiger charge is 2.22. The second-order valence-corrected chi connectivity index (χ2v) is 6.35. The van der Waals surface area contributed by atoms with E-state index < -0.39 is 0 Å². The maximum absolute atomic E-state index is 12.3. The van der Waals surface area contributed by atoms with Gasteiger partial charge in [-0.1, -0.05) is 12.1 Å². The number of likely N-dealkylation sites (tertiary alicyclic amines) is 1. The van der Waals surface area contributed by atoms with Crippen LogP contribution in [0.15, 0.2) is 36.8 Å². The third-order valence-corrected chi connectivity index (χ3v) is 4.55. The number of H-pyrrole nitrogens is 1. The first kappa shape index (κ1) is 15.6. The topological polar surface area (TPSA) is 61.0 Å². The lowest BCUT2D eigenvalue weighted by molar-refractivity contribution is 0.180. The van der Waals surface area contributed by atoms with Crippen LogP contribution in [0.2, 0.25) is 0 Å². The molecule has 2 heterocycles. The molecule has 0 atom stereocenters. The van der Waals surface area contributed by atoms with Crippen LogP contribution in [0.1, 0.15) is 30.5 Å². The summed E-state index contributed by atoms with van der Waals surface area (Å²) < 4.78 is 0. The van der Waals surface area contributed by atoms with E-state index in [2.05, 4.69) is 15.3 Å². The number of carbonyl (C=O) groups is 1. The molecule has 0 radical (unpaired) electrons. The molecule has 122 valence electrons. The number of urea groups is 1. The van der Waals surface area contributed by atoms with Gasteiger partial charge in [0.2, 0.25) is 0 Å². The van der Waals surface area contributed by atoms with Gasteiger partial charge in [0.1, 0.15) is 0 Å². The van der Waals surface area contributed by atoms with Gasteiger partial charge in [-0.15, -0.1) is 0 Å². The Hall–Kier alpha value is -2.30. The Bertz CT molecular complexity index is 630. The van der Waals surface area contributed by atoms with Crippen molar-refractivity contribution in [3.05, 3.63) is 48.0 Å². The molecular formula is C18H24N4O. The van der Waals surface area contributed by atoms with Gasteiger partial charge in [0, 0.05) is 30.7 Å². The molecule has 1 saturated heterocycles. The smallest absolute Gasteiger partial charge is 0.321 e. The van der Waals surface area contributed by atoms with Crippen LogP contribution in [-0.2, 0) is 6.42 Å². The molecule has 1 aromatic heterocycles. The minimum absolute atomic E-state index is 0.0163.